The lowest BCUT2D eigenvalue weighted by Crippen LogP contribution is -2.44. The van der Waals surface area contributed by atoms with Gasteiger partial charge in [-0.25, -0.2) is 4.98 Å². The Hall–Kier alpha value is -3.54. The molecule has 0 unspecified atom stereocenters. The molecule has 2 aromatic rings. The second-order valence-corrected chi connectivity index (χ2v) is 9.49. The first kappa shape index (κ1) is 22.0. The number of rotatable bonds is 4. The number of likely N-dealkylation sites (tertiary alicyclic amines) is 2. The number of nitrogens with one attached hydrogen (secondary N) is 3. The monoisotopic (exact) mass is 488 g/mol. The normalized spacial score (nSPS) is 26.3. The first-order chi connectivity index (χ1) is 16.8. The van der Waals surface area contributed by atoms with Crippen molar-refractivity contribution in [3.8, 4) is 5.75 Å². The Bertz CT molecular complexity index is 1150. The molecular formula is C23H23F3N6O3. The highest BCUT2D eigenvalue weighted by molar-refractivity contribution is 5.97. The van der Waals surface area contributed by atoms with Gasteiger partial charge in [0, 0.05) is 31.7 Å². The van der Waals surface area contributed by atoms with Crippen LogP contribution in [0, 0.1) is 23.7 Å². The van der Waals surface area contributed by atoms with E-state index in [4.69, 9.17) is 0 Å². The van der Waals surface area contributed by atoms with Crippen LogP contribution in [0.2, 0.25) is 0 Å². The summed E-state index contributed by atoms with van der Waals surface area (Å²) in [7, 11) is 0. The smallest absolute Gasteiger partial charge is 0.422 e. The summed E-state index contributed by atoms with van der Waals surface area (Å²) in [5, 5.41) is 0. The largest absolute Gasteiger partial charge is 0.483 e. The second kappa shape index (κ2) is 8.01. The molecule has 1 aromatic carbocycles. The van der Waals surface area contributed by atoms with E-state index in [1.807, 2.05) is 23.1 Å². The van der Waals surface area contributed by atoms with Gasteiger partial charge in [0.05, 0.1) is 17.6 Å². The number of alkyl halides is 3. The molecule has 6 rings (SSSR count). The van der Waals surface area contributed by atoms with Gasteiger partial charge in [0.25, 0.3) is 11.8 Å². The van der Waals surface area contributed by atoms with Gasteiger partial charge in [0.15, 0.2) is 6.61 Å². The third-order valence-electron chi connectivity index (χ3n) is 7.52. The van der Waals surface area contributed by atoms with E-state index in [1.54, 1.807) is 4.90 Å². The van der Waals surface area contributed by atoms with Crippen molar-refractivity contribution in [2.45, 2.75) is 6.18 Å². The maximum absolute atomic E-state index is 13.1. The van der Waals surface area contributed by atoms with Gasteiger partial charge in [-0.1, -0.05) is 0 Å². The number of pyridine rings is 1. The first-order valence-corrected chi connectivity index (χ1v) is 11.4. The van der Waals surface area contributed by atoms with Crippen molar-refractivity contribution >= 4 is 23.2 Å². The summed E-state index contributed by atoms with van der Waals surface area (Å²) in [5.41, 5.74) is 11.3. The Balaban J connectivity index is 1.05. The van der Waals surface area contributed by atoms with E-state index < -0.39 is 12.8 Å². The molecule has 1 saturated carbocycles. The molecule has 3 fully saturated rings. The maximum Gasteiger partial charge on any atom is 0.422 e. The second-order valence-electron chi connectivity index (χ2n) is 9.49. The molecule has 4 aliphatic rings. The van der Waals surface area contributed by atoms with Crippen LogP contribution in [0.4, 0.5) is 24.5 Å². The summed E-state index contributed by atoms with van der Waals surface area (Å²) >= 11 is 0. The number of halogens is 3. The van der Waals surface area contributed by atoms with Gasteiger partial charge in [-0.3, -0.25) is 9.59 Å². The molecule has 35 heavy (non-hydrogen) atoms. The van der Waals surface area contributed by atoms with Crippen LogP contribution >= 0.6 is 0 Å². The van der Waals surface area contributed by atoms with E-state index >= 15 is 0 Å². The van der Waals surface area contributed by atoms with Crippen LogP contribution in [0.15, 0.2) is 36.5 Å². The number of aromatic nitrogens is 1. The van der Waals surface area contributed by atoms with E-state index in [2.05, 4.69) is 26.1 Å². The zero-order valence-electron chi connectivity index (χ0n) is 18.5. The minimum absolute atomic E-state index is 0.0129. The predicted molar refractivity (Wildman–Crippen MR) is 118 cm³/mol. The zero-order valence-corrected chi connectivity index (χ0v) is 18.5. The van der Waals surface area contributed by atoms with Gasteiger partial charge in [-0.05, 0) is 54.0 Å². The van der Waals surface area contributed by atoms with E-state index in [-0.39, 0.29) is 23.3 Å². The molecule has 0 bridgehead atoms. The number of amides is 2. The first-order valence-electron chi connectivity index (χ1n) is 11.4. The molecular weight excluding hydrogens is 465 g/mol. The number of carbonyl (C=O) groups is 2. The van der Waals surface area contributed by atoms with Crippen LogP contribution in [-0.4, -0.2) is 65.6 Å². The third-order valence-corrected chi connectivity index (χ3v) is 7.52. The average molecular weight is 488 g/mol. The van der Waals surface area contributed by atoms with Crippen LogP contribution in [0.3, 0.4) is 0 Å². The summed E-state index contributed by atoms with van der Waals surface area (Å²) in [6.45, 7) is 1.15. The molecule has 12 heteroatoms. The number of hydrogen-bond donors (Lipinski definition) is 3. The van der Waals surface area contributed by atoms with E-state index in [0.717, 1.165) is 17.6 Å². The topological polar surface area (TPSA) is 98.8 Å². The van der Waals surface area contributed by atoms with Gasteiger partial charge in [0.2, 0.25) is 0 Å². The fraction of sp³-hybridized carbons (Fsp3) is 0.435. The van der Waals surface area contributed by atoms with Crippen molar-refractivity contribution < 1.29 is 27.5 Å². The standard InChI is InChI=1S/C23H23F3N6O3/c24-23(25,26)11-35-13-2-4-19(27-6-13)22(34)32-9-16-14-7-31(8-15(14)17(16)10-32)21(33)12-1-3-18-20(5-12)29-30-28-18/h1-6,14-17,28-30H,7-11H2/t14-,15+,16+,17-. The molecule has 2 amide bonds. The SMILES string of the molecule is O=C(c1ccc2c(c1)NNN2)N1C[C@@H]2[C@H](C1)[C@H]1CN(C(=O)c3ccc(OCC(F)(F)F)cn3)C[C@@H]21. The number of nitrogens with zero attached hydrogens (tertiary/aromatic N) is 3. The molecule has 2 saturated heterocycles. The van der Waals surface area contributed by atoms with Crippen LogP contribution in [-0.2, 0) is 0 Å². The summed E-state index contributed by atoms with van der Waals surface area (Å²) in [6, 6.07) is 8.23. The molecule has 4 atom stereocenters. The van der Waals surface area contributed by atoms with Crippen LogP contribution in [0.1, 0.15) is 20.8 Å². The average Bonchev–Trinajstić information content (AvgIpc) is 3.55. The molecule has 3 N–H and O–H groups in total. The highest BCUT2D eigenvalue weighted by Gasteiger charge is 2.59. The van der Waals surface area contributed by atoms with Gasteiger partial charge in [-0.15, -0.1) is 5.53 Å². The van der Waals surface area contributed by atoms with Crippen LogP contribution in [0.5, 0.6) is 5.75 Å². The molecule has 0 spiro atoms. The van der Waals surface area contributed by atoms with Crippen molar-refractivity contribution in [3.63, 3.8) is 0 Å². The molecule has 184 valence electrons. The van der Waals surface area contributed by atoms with E-state index in [9.17, 15) is 22.8 Å². The Morgan fingerprint density at radius 1 is 0.914 bits per heavy atom. The van der Waals surface area contributed by atoms with Gasteiger partial charge in [-0.2, -0.15) is 13.2 Å². The number of anilines is 2. The molecule has 3 aliphatic heterocycles. The lowest BCUT2D eigenvalue weighted by molar-refractivity contribution is -0.153. The third kappa shape index (κ3) is 3.91. The predicted octanol–water partition coefficient (Wildman–Crippen LogP) is 2.37. The lowest BCUT2D eigenvalue weighted by atomic mass is 9.60. The maximum atomic E-state index is 13.1. The Morgan fingerprint density at radius 3 is 2.14 bits per heavy atom. The van der Waals surface area contributed by atoms with E-state index in [1.165, 1.54) is 12.1 Å². The fourth-order valence-electron chi connectivity index (χ4n) is 5.86. The Kier molecular flexibility index (Phi) is 5.02. The summed E-state index contributed by atoms with van der Waals surface area (Å²) in [6.07, 6.45) is -3.29. The van der Waals surface area contributed by atoms with Crippen molar-refractivity contribution in [1.29, 1.82) is 0 Å². The summed E-state index contributed by atoms with van der Waals surface area (Å²) in [5.74, 6) is 1.15. The Morgan fingerprint density at radius 2 is 1.54 bits per heavy atom. The van der Waals surface area contributed by atoms with Crippen molar-refractivity contribution in [3.05, 3.63) is 47.8 Å². The van der Waals surface area contributed by atoms with Gasteiger partial charge in [0.1, 0.15) is 11.4 Å². The quantitative estimate of drug-likeness (QED) is 0.608. The van der Waals surface area contributed by atoms with Crippen LogP contribution < -0.4 is 21.1 Å². The molecule has 0 radical (unpaired) electrons. The minimum Gasteiger partial charge on any atom is -0.483 e. The Labute approximate surface area is 198 Å². The fourth-order valence-corrected chi connectivity index (χ4v) is 5.86. The number of benzene rings is 1. The number of carbonyl (C=O) groups excluding carboxylic acids is 2. The summed E-state index contributed by atoms with van der Waals surface area (Å²) < 4.78 is 41.5. The number of hydrogen-bond acceptors (Lipinski definition) is 7. The highest BCUT2D eigenvalue weighted by atomic mass is 19.4. The van der Waals surface area contributed by atoms with Crippen molar-refractivity contribution in [1.82, 2.24) is 20.3 Å². The number of fused-ring (bicyclic) bond motifs is 5. The van der Waals surface area contributed by atoms with E-state index in [0.29, 0.717) is 55.4 Å². The minimum atomic E-state index is -4.44. The van der Waals surface area contributed by atoms with Crippen LogP contribution in [0.25, 0.3) is 0 Å². The number of hydrazine groups is 2. The zero-order chi connectivity index (χ0) is 24.3. The molecule has 1 aromatic heterocycles. The van der Waals surface area contributed by atoms with Gasteiger partial charge >= 0.3 is 6.18 Å². The molecule has 9 nitrogen and oxygen atoms in total. The number of ether oxygens (including phenoxy) is 1. The lowest BCUT2D eigenvalue weighted by Gasteiger charge is -2.42. The highest BCUT2D eigenvalue weighted by Crippen LogP contribution is 2.54. The molecule has 1 aliphatic carbocycles. The summed E-state index contributed by atoms with van der Waals surface area (Å²) in [4.78, 5) is 33.7. The van der Waals surface area contributed by atoms with Crippen molar-refractivity contribution in [2.24, 2.45) is 23.7 Å². The van der Waals surface area contributed by atoms with Crippen molar-refractivity contribution in [2.75, 3.05) is 43.6 Å². The van der Waals surface area contributed by atoms with Gasteiger partial charge < -0.3 is 25.4 Å². The molecule has 4 heterocycles.